The highest BCUT2D eigenvalue weighted by Gasteiger charge is 2.57. The number of nitrogens with one attached hydrogen (secondary N) is 1. The Bertz CT molecular complexity index is 232. The number of hydrogen-bond acceptors (Lipinski definition) is 2. The van der Waals surface area contributed by atoms with Gasteiger partial charge < -0.3 is 10.2 Å². The van der Waals surface area contributed by atoms with Gasteiger partial charge in [-0.25, -0.2) is 8.78 Å². The SMILES string of the molecule is O=C1CNCCN1CC1CC1(F)F. The van der Waals surface area contributed by atoms with E-state index in [1.54, 1.807) is 0 Å². The zero-order valence-electron chi connectivity index (χ0n) is 7.22. The standard InChI is InChI=1S/C8H12F2N2O/c9-8(10)3-6(8)5-12-2-1-11-4-7(12)13/h6,11H,1-5H2. The van der Waals surface area contributed by atoms with Crippen LogP contribution < -0.4 is 5.32 Å². The average molecular weight is 190 g/mol. The number of carbonyl (C=O) groups excluding carboxylic acids is 1. The topological polar surface area (TPSA) is 32.3 Å². The Morgan fingerprint density at radius 2 is 2.31 bits per heavy atom. The van der Waals surface area contributed by atoms with Crippen molar-refractivity contribution in [2.45, 2.75) is 12.3 Å². The van der Waals surface area contributed by atoms with Crippen LogP contribution in [0.25, 0.3) is 0 Å². The Morgan fingerprint density at radius 1 is 1.62 bits per heavy atom. The number of rotatable bonds is 2. The normalized spacial score (nSPS) is 32.0. The highest BCUT2D eigenvalue weighted by atomic mass is 19.3. The fourth-order valence-electron chi connectivity index (χ4n) is 1.57. The number of amides is 1. The molecular formula is C8H12F2N2O. The quantitative estimate of drug-likeness (QED) is 0.668. The number of piperazine rings is 1. The van der Waals surface area contributed by atoms with Crippen molar-refractivity contribution in [3.05, 3.63) is 0 Å². The summed E-state index contributed by atoms with van der Waals surface area (Å²) in [6, 6.07) is 0. The third kappa shape index (κ3) is 1.80. The molecule has 5 heteroatoms. The van der Waals surface area contributed by atoms with Gasteiger partial charge in [0, 0.05) is 32.0 Å². The Morgan fingerprint density at radius 3 is 2.85 bits per heavy atom. The molecule has 1 saturated heterocycles. The third-order valence-electron chi connectivity index (χ3n) is 2.58. The Labute approximate surface area is 75.1 Å². The Hall–Kier alpha value is -0.710. The maximum Gasteiger partial charge on any atom is 0.253 e. The molecule has 1 aliphatic heterocycles. The lowest BCUT2D eigenvalue weighted by Gasteiger charge is -2.27. The van der Waals surface area contributed by atoms with Crippen LogP contribution in [0.4, 0.5) is 8.78 Å². The zero-order valence-corrected chi connectivity index (χ0v) is 7.22. The molecule has 1 atom stereocenters. The van der Waals surface area contributed by atoms with Gasteiger partial charge in [0.2, 0.25) is 5.91 Å². The summed E-state index contributed by atoms with van der Waals surface area (Å²) in [6.45, 7) is 1.79. The van der Waals surface area contributed by atoms with E-state index in [1.165, 1.54) is 4.90 Å². The van der Waals surface area contributed by atoms with Crippen molar-refractivity contribution >= 4 is 5.91 Å². The summed E-state index contributed by atoms with van der Waals surface area (Å²) in [5.41, 5.74) is 0. The molecule has 0 spiro atoms. The number of carbonyl (C=O) groups is 1. The van der Waals surface area contributed by atoms with Gasteiger partial charge in [0.15, 0.2) is 0 Å². The first-order valence-corrected chi connectivity index (χ1v) is 4.46. The zero-order chi connectivity index (χ0) is 9.47. The van der Waals surface area contributed by atoms with Crippen molar-refractivity contribution in [3.8, 4) is 0 Å². The van der Waals surface area contributed by atoms with Crippen molar-refractivity contribution in [3.63, 3.8) is 0 Å². The maximum absolute atomic E-state index is 12.5. The van der Waals surface area contributed by atoms with E-state index in [0.29, 0.717) is 13.1 Å². The molecule has 0 radical (unpaired) electrons. The van der Waals surface area contributed by atoms with Gasteiger partial charge in [-0.15, -0.1) is 0 Å². The molecule has 0 aromatic rings. The van der Waals surface area contributed by atoms with E-state index < -0.39 is 11.8 Å². The van der Waals surface area contributed by atoms with Gasteiger partial charge in [-0.2, -0.15) is 0 Å². The molecular weight excluding hydrogens is 178 g/mol. The number of halogens is 2. The minimum Gasteiger partial charge on any atom is -0.340 e. The van der Waals surface area contributed by atoms with E-state index in [-0.39, 0.29) is 25.4 Å². The second kappa shape index (κ2) is 2.90. The molecule has 1 unspecified atom stereocenters. The summed E-state index contributed by atoms with van der Waals surface area (Å²) < 4.78 is 25.0. The lowest BCUT2D eigenvalue weighted by atomic mass is 10.3. The fraction of sp³-hybridized carbons (Fsp3) is 0.875. The van der Waals surface area contributed by atoms with Crippen molar-refractivity contribution in [1.29, 1.82) is 0 Å². The molecule has 0 aromatic carbocycles. The molecule has 74 valence electrons. The van der Waals surface area contributed by atoms with E-state index in [2.05, 4.69) is 5.32 Å². The smallest absolute Gasteiger partial charge is 0.253 e. The number of nitrogens with zero attached hydrogens (tertiary/aromatic N) is 1. The lowest BCUT2D eigenvalue weighted by molar-refractivity contribution is -0.132. The molecule has 2 aliphatic rings. The highest BCUT2D eigenvalue weighted by Crippen LogP contribution is 2.48. The van der Waals surface area contributed by atoms with E-state index >= 15 is 0 Å². The van der Waals surface area contributed by atoms with Crippen molar-refractivity contribution < 1.29 is 13.6 Å². The molecule has 1 saturated carbocycles. The van der Waals surface area contributed by atoms with Gasteiger partial charge in [-0.3, -0.25) is 4.79 Å². The van der Waals surface area contributed by atoms with Crippen LogP contribution in [0.3, 0.4) is 0 Å². The first-order chi connectivity index (χ1) is 6.09. The molecule has 1 amide bonds. The first-order valence-electron chi connectivity index (χ1n) is 4.46. The monoisotopic (exact) mass is 190 g/mol. The highest BCUT2D eigenvalue weighted by molar-refractivity contribution is 5.79. The molecule has 0 aromatic heterocycles. The number of hydrogen-bond donors (Lipinski definition) is 1. The van der Waals surface area contributed by atoms with Gasteiger partial charge in [-0.1, -0.05) is 0 Å². The van der Waals surface area contributed by atoms with Crippen molar-refractivity contribution in [2.24, 2.45) is 5.92 Å². The number of alkyl halides is 2. The molecule has 1 aliphatic carbocycles. The second-order valence-electron chi connectivity index (χ2n) is 3.68. The largest absolute Gasteiger partial charge is 0.340 e. The summed E-state index contributed by atoms with van der Waals surface area (Å²) in [5.74, 6) is -3.16. The fourth-order valence-corrected chi connectivity index (χ4v) is 1.57. The summed E-state index contributed by atoms with van der Waals surface area (Å²) in [7, 11) is 0. The second-order valence-corrected chi connectivity index (χ2v) is 3.68. The average Bonchev–Trinajstić information content (AvgIpc) is 2.64. The Balaban J connectivity index is 1.84. The minimum absolute atomic E-state index is 0.0514. The van der Waals surface area contributed by atoms with Gasteiger partial charge in [0.05, 0.1) is 6.54 Å². The summed E-state index contributed by atoms with van der Waals surface area (Å²) in [5, 5.41) is 2.90. The van der Waals surface area contributed by atoms with E-state index in [1.807, 2.05) is 0 Å². The molecule has 13 heavy (non-hydrogen) atoms. The van der Waals surface area contributed by atoms with Crippen LogP contribution in [-0.4, -0.2) is 42.9 Å². The van der Waals surface area contributed by atoms with E-state index in [9.17, 15) is 13.6 Å². The molecule has 2 fully saturated rings. The summed E-state index contributed by atoms with van der Waals surface area (Å²) in [6.07, 6.45) is -0.0514. The lowest BCUT2D eigenvalue weighted by Crippen LogP contribution is -2.48. The van der Waals surface area contributed by atoms with Crippen LogP contribution in [0.15, 0.2) is 0 Å². The van der Waals surface area contributed by atoms with Crippen LogP contribution in [-0.2, 0) is 4.79 Å². The molecule has 0 bridgehead atoms. The first kappa shape index (κ1) is 8.87. The van der Waals surface area contributed by atoms with Crippen LogP contribution >= 0.6 is 0 Å². The van der Waals surface area contributed by atoms with Crippen LogP contribution in [0, 0.1) is 5.92 Å². The summed E-state index contributed by atoms with van der Waals surface area (Å²) >= 11 is 0. The van der Waals surface area contributed by atoms with Crippen molar-refractivity contribution in [1.82, 2.24) is 10.2 Å². The molecule has 1 N–H and O–H groups in total. The van der Waals surface area contributed by atoms with Gasteiger partial charge in [0.25, 0.3) is 5.92 Å². The van der Waals surface area contributed by atoms with Crippen LogP contribution in [0.1, 0.15) is 6.42 Å². The minimum atomic E-state index is -2.51. The maximum atomic E-state index is 12.5. The molecule has 3 nitrogen and oxygen atoms in total. The predicted molar refractivity (Wildman–Crippen MR) is 42.5 cm³/mol. The third-order valence-corrected chi connectivity index (χ3v) is 2.58. The molecule has 2 rings (SSSR count). The van der Waals surface area contributed by atoms with E-state index in [0.717, 1.165) is 0 Å². The van der Waals surface area contributed by atoms with Gasteiger partial charge >= 0.3 is 0 Å². The summed E-state index contributed by atoms with van der Waals surface area (Å²) in [4.78, 5) is 12.7. The van der Waals surface area contributed by atoms with Crippen LogP contribution in [0.5, 0.6) is 0 Å². The van der Waals surface area contributed by atoms with Crippen LogP contribution in [0.2, 0.25) is 0 Å². The molecule has 1 heterocycles. The van der Waals surface area contributed by atoms with E-state index in [4.69, 9.17) is 0 Å². The predicted octanol–water partition coefficient (Wildman–Crippen LogP) is 0.0734. The van der Waals surface area contributed by atoms with Gasteiger partial charge in [-0.05, 0) is 0 Å². The van der Waals surface area contributed by atoms with Gasteiger partial charge in [0.1, 0.15) is 0 Å². The van der Waals surface area contributed by atoms with Crippen molar-refractivity contribution in [2.75, 3.05) is 26.2 Å². The Kier molecular flexibility index (Phi) is 1.98.